The van der Waals surface area contributed by atoms with Gasteiger partial charge in [0.15, 0.2) is 0 Å². The first-order valence-corrected chi connectivity index (χ1v) is 10.1. The molecule has 4 nitrogen and oxygen atoms in total. The first-order chi connectivity index (χ1) is 12.3. The van der Waals surface area contributed by atoms with E-state index >= 15 is 0 Å². The predicted octanol–water partition coefficient (Wildman–Crippen LogP) is 3.43. The Hall–Kier alpha value is -1.39. The van der Waals surface area contributed by atoms with E-state index in [-0.39, 0.29) is 5.91 Å². The van der Waals surface area contributed by atoms with Crippen molar-refractivity contribution in [3.8, 4) is 0 Å². The average molecular weight is 344 g/mol. The molecule has 0 atom stereocenters. The molecule has 2 aliphatic rings. The number of anilines is 1. The van der Waals surface area contributed by atoms with E-state index in [2.05, 4.69) is 27.7 Å². The highest BCUT2D eigenvalue weighted by atomic mass is 16.1. The van der Waals surface area contributed by atoms with Crippen LogP contribution in [0.4, 0.5) is 5.69 Å². The Kier molecular flexibility index (Phi) is 7.31. The summed E-state index contributed by atoms with van der Waals surface area (Å²) in [5.41, 5.74) is 2.28. The molecule has 0 unspecified atom stereocenters. The fraction of sp³-hybridized carbons (Fsp3) is 0.667. The van der Waals surface area contributed by atoms with Gasteiger partial charge in [-0.2, -0.15) is 0 Å². The average Bonchev–Trinajstić information content (AvgIpc) is 2.67. The van der Waals surface area contributed by atoms with E-state index in [4.69, 9.17) is 0 Å². The number of amides is 1. The highest BCUT2D eigenvalue weighted by molar-refractivity contribution is 5.90. The molecule has 2 fully saturated rings. The Balaban J connectivity index is 1.36. The van der Waals surface area contributed by atoms with Gasteiger partial charge in [0.05, 0.1) is 0 Å². The van der Waals surface area contributed by atoms with Crippen LogP contribution in [0, 0.1) is 5.92 Å². The van der Waals surface area contributed by atoms with Gasteiger partial charge in [0, 0.05) is 44.8 Å². The minimum Gasteiger partial charge on any atom is -0.326 e. The van der Waals surface area contributed by atoms with Gasteiger partial charge >= 0.3 is 0 Å². The summed E-state index contributed by atoms with van der Waals surface area (Å²) in [6.45, 7) is 5.62. The summed E-state index contributed by atoms with van der Waals surface area (Å²) >= 11 is 0. The van der Waals surface area contributed by atoms with Crippen LogP contribution in [-0.4, -0.2) is 43.5 Å². The molecular weight excluding hydrogens is 310 g/mol. The molecule has 1 heterocycles. The first-order valence-electron chi connectivity index (χ1n) is 10.1. The number of nitrogens with zero attached hydrogens (tertiary/aromatic N) is 1. The minimum absolute atomic E-state index is 0.166. The highest BCUT2D eigenvalue weighted by Gasteiger charge is 2.15. The van der Waals surface area contributed by atoms with Gasteiger partial charge in [-0.1, -0.05) is 44.2 Å². The van der Waals surface area contributed by atoms with Crippen LogP contribution in [0.1, 0.15) is 50.5 Å². The van der Waals surface area contributed by atoms with E-state index in [1.165, 1.54) is 37.7 Å². The topological polar surface area (TPSA) is 44.4 Å². The van der Waals surface area contributed by atoms with Gasteiger partial charge in [0.25, 0.3) is 0 Å². The van der Waals surface area contributed by atoms with Crippen LogP contribution < -0.4 is 10.6 Å². The van der Waals surface area contributed by atoms with Gasteiger partial charge in [0.2, 0.25) is 5.91 Å². The normalized spacial score (nSPS) is 19.7. The number of rotatable bonds is 7. The molecule has 1 aliphatic carbocycles. The molecule has 1 saturated carbocycles. The summed E-state index contributed by atoms with van der Waals surface area (Å²) in [7, 11) is 0. The number of nitrogens with one attached hydrogen (secondary N) is 2. The van der Waals surface area contributed by atoms with E-state index in [9.17, 15) is 4.79 Å². The zero-order valence-electron chi connectivity index (χ0n) is 15.4. The van der Waals surface area contributed by atoms with Gasteiger partial charge in [0.1, 0.15) is 0 Å². The van der Waals surface area contributed by atoms with Crippen molar-refractivity contribution in [1.29, 1.82) is 0 Å². The third kappa shape index (κ3) is 6.44. The monoisotopic (exact) mass is 343 g/mol. The molecule has 1 aliphatic heterocycles. The molecule has 0 radical (unpaired) electrons. The first kappa shape index (κ1) is 18.4. The van der Waals surface area contributed by atoms with Crippen LogP contribution >= 0.6 is 0 Å². The Bertz CT molecular complexity index is 516. The van der Waals surface area contributed by atoms with Crippen molar-refractivity contribution in [3.63, 3.8) is 0 Å². The second kappa shape index (κ2) is 9.93. The standard InChI is InChI=1S/C21H33N3O/c25-21(11-8-18-4-2-1-3-5-18)23-20-9-6-19(7-10-20)12-15-24-16-13-22-14-17-24/h6-7,9-10,18,22H,1-5,8,11-17H2,(H,23,25). The zero-order valence-corrected chi connectivity index (χ0v) is 15.4. The summed E-state index contributed by atoms with van der Waals surface area (Å²) in [6.07, 6.45) is 9.50. The van der Waals surface area contributed by atoms with E-state index < -0.39 is 0 Å². The van der Waals surface area contributed by atoms with Crippen LogP contribution in [-0.2, 0) is 11.2 Å². The van der Waals surface area contributed by atoms with Crippen molar-refractivity contribution in [3.05, 3.63) is 29.8 Å². The fourth-order valence-corrected chi connectivity index (χ4v) is 4.01. The third-order valence-electron chi connectivity index (χ3n) is 5.67. The lowest BCUT2D eigenvalue weighted by Crippen LogP contribution is -2.44. The van der Waals surface area contributed by atoms with Crippen molar-refractivity contribution in [2.24, 2.45) is 5.92 Å². The minimum atomic E-state index is 0.166. The summed E-state index contributed by atoms with van der Waals surface area (Å²) in [5.74, 6) is 0.936. The number of benzene rings is 1. The second-order valence-electron chi connectivity index (χ2n) is 7.63. The summed E-state index contributed by atoms with van der Waals surface area (Å²) in [4.78, 5) is 14.7. The van der Waals surface area contributed by atoms with E-state index in [1.54, 1.807) is 0 Å². The third-order valence-corrected chi connectivity index (χ3v) is 5.67. The number of carbonyl (C=O) groups is 1. The molecule has 1 amide bonds. The molecule has 2 N–H and O–H groups in total. The molecule has 1 aromatic carbocycles. The van der Waals surface area contributed by atoms with Gasteiger partial charge < -0.3 is 15.5 Å². The molecule has 25 heavy (non-hydrogen) atoms. The molecule has 4 heteroatoms. The zero-order chi connectivity index (χ0) is 17.3. The van der Waals surface area contributed by atoms with Crippen molar-refractivity contribution >= 4 is 11.6 Å². The van der Waals surface area contributed by atoms with Gasteiger partial charge in [-0.25, -0.2) is 0 Å². The summed E-state index contributed by atoms with van der Waals surface area (Å²) in [6, 6.07) is 8.40. The second-order valence-corrected chi connectivity index (χ2v) is 7.63. The molecule has 1 saturated heterocycles. The van der Waals surface area contributed by atoms with Crippen molar-refractivity contribution in [2.45, 2.75) is 51.4 Å². The number of hydrogen-bond donors (Lipinski definition) is 2. The Morgan fingerprint density at radius 3 is 2.52 bits per heavy atom. The van der Waals surface area contributed by atoms with Crippen LogP contribution in [0.3, 0.4) is 0 Å². The lowest BCUT2D eigenvalue weighted by Gasteiger charge is -2.27. The lowest BCUT2D eigenvalue weighted by atomic mass is 9.86. The molecular formula is C21H33N3O. The Labute approximate surface area is 152 Å². The SMILES string of the molecule is O=C(CCC1CCCCC1)Nc1ccc(CCN2CCNCC2)cc1. The molecule has 0 spiro atoms. The van der Waals surface area contributed by atoms with Crippen molar-refractivity contribution in [1.82, 2.24) is 10.2 Å². The maximum Gasteiger partial charge on any atom is 0.224 e. The molecule has 3 rings (SSSR count). The lowest BCUT2D eigenvalue weighted by molar-refractivity contribution is -0.116. The summed E-state index contributed by atoms with van der Waals surface area (Å²) in [5, 5.41) is 6.44. The number of hydrogen-bond acceptors (Lipinski definition) is 3. The number of piperazine rings is 1. The quantitative estimate of drug-likeness (QED) is 0.797. The smallest absolute Gasteiger partial charge is 0.224 e. The van der Waals surface area contributed by atoms with Gasteiger partial charge in [-0.15, -0.1) is 0 Å². The van der Waals surface area contributed by atoms with Crippen molar-refractivity contribution in [2.75, 3.05) is 38.0 Å². The highest BCUT2D eigenvalue weighted by Crippen LogP contribution is 2.27. The molecule has 138 valence electrons. The maximum absolute atomic E-state index is 12.1. The van der Waals surface area contributed by atoms with Crippen LogP contribution in [0.15, 0.2) is 24.3 Å². The van der Waals surface area contributed by atoms with Crippen molar-refractivity contribution < 1.29 is 4.79 Å². The van der Waals surface area contributed by atoms with Crippen LogP contribution in [0.25, 0.3) is 0 Å². The largest absolute Gasteiger partial charge is 0.326 e. The molecule has 0 bridgehead atoms. The van der Waals surface area contributed by atoms with Crippen LogP contribution in [0.5, 0.6) is 0 Å². The maximum atomic E-state index is 12.1. The van der Waals surface area contributed by atoms with Gasteiger partial charge in [-0.3, -0.25) is 4.79 Å². The van der Waals surface area contributed by atoms with E-state index in [1.807, 2.05) is 12.1 Å². The fourth-order valence-electron chi connectivity index (χ4n) is 4.01. The summed E-state index contributed by atoms with van der Waals surface area (Å²) < 4.78 is 0. The Morgan fingerprint density at radius 2 is 1.80 bits per heavy atom. The van der Waals surface area contributed by atoms with E-state index in [0.717, 1.165) is 57.2 Å². The molecule has 1 aromatic rings. The molecule has 0 aromatic heterocycles. The van der Waals surface area contributed by atoms with Gasteiger partial charge in [-0.05, 0) is 36.5 Å². The van der Waals surface area contributed by atoms with E-state index in [0.29, 0.717) is 6.42 Å². The Morgan fingerprint density at radius 1 is 1.08 bits per heavy atom. The van der Waals surface area contributed by atoms with Crippen LogP contribution in [0.2, 0.25) is 0 Å². The predicted molar refractivity (Wildman–Crippen MR) is 104 cm³/mol. The number of carbonyl (C=O) groups excluding carboxylic acids is 1.